The Bertz CT molecular complexity index is 319. The summed E-state index contributed by atoms with van der Waals surface area (Å²) in [5.74, 6) is -0.208. The predicted molar refractivity (Wildman–Crippen MR) is 54.9 cm³/mol. The zero-order valence-corrected chi connectivity index (χ0v) is 8.58. The molecule has 0 aliphatic rings. The molecule has 0 aliphatic heterocycles. The van der Waals surface area contributed by atoms with Crippen LogP contribution in [0, 0.1) is 0 Å². The summed E-state index contributed by atoms with van der Waals surface area (Å²) in [5, 5.41) is 6.76. The Kier molecular flexibility index (Phi) is 3.50. The Hall–Kier alpha value is -1.52. The van der Waals surface area contributed by atoms with Gasteiger partial charge in [-0.05, 0) is 13.3 Å². The van der Waals surface area contributed by atoms with E-state index in [0.29, 0.717) is 17.9 Å². The maximum Gasteiger partial charge on any atom is 0.273 e. The highest BCUT2D eigenvalue weighted by atomic mass is 16.1. The second-order valence-electron chi connectivity index (χ2n) is 3.06. The molecule has 1 heterocycles. The van der Waals surface area contributed by atoms with Crippen LogP contribution in [0.2, 0.25) is 0 Å². The van der Waals surface area contributed by atoms with Gasteiger partial charge >= 0.3 is 0 Å². The Balaban J connectivity index is 2.81. The Morgan fingerprint density at radius 3 is 2.93 bits per heavy atom. The van der Waals surface area contributed by atoms with Crippen molar-refractivity contribution in [3.63, 3.8) is 0 Å². The summed E-state index contributed by atoms with van der Waals surface area (Å²) in [5.41, 5.74) is 6.41. The lowest BCUT2D eigenvalue weighted by atomic mass is 10.3. The van der Waals surface area contributed by atoms with Gasteiger partial charge in [0.15, 0.2) is 5.69 Å². The van der Waals surface area contributed by atoms with Crippen molar-refractivity contribution in [2.24, 2.45) is 0 Å². The van der Waals surface area contributed by atoms with Crippen LogP contribution in [0.1, 0.15) is 30.8 Å². The van der Waals surface area contributed by atoms with E-state index in [4.69, 9.17) is 5.73 Å². The molecule has 1 rings (SSSR count). The van der Waals surface area contributed by atoms with Gasteiger partial charge in [0, 0.05) is 19.3 Å². The molecule has 1 aromatic rings. The van der Waals surface area contributed by atoms with E-state index in [2.05, 4.69) is 10.4 Å². The standard InChI is InChI=1S/C9H16N4O/c1-3-5-13-6-7(10)8(12-13)9(14)11-4-2/h6H,3-5,10H2,1-2H3,(H,11,14). The Labute approximate surface area is 83.3 Å². The van der Waals surface area contributed by atoms with Crippen LogP contribution in [0.15, 0.2) is 6.20 Å². The lowest BCUT2D eigenvalue weighted by Crippen LogP contribution is -2.24. The van der Waals surface area contributed by atoms with Gasteiger partial charge in [-0.1, -0.05) is 6.92 Å². The third kappa shape index (κ3) is 2.25. The molecular formula is C9H16N4O. The number of hydrogen-bond acceptors (Lipinski definition) is 3. The average Bonchev–Trinajstić information content (AvgIpc) is 2.48. The third-order valence-electron chi connectivity index (χ3n) is 1.80. The number of nitrogens with one attached hydrogen (secondary N) is 1. The fraction of sp³-hybridized carbons (Fsp3) is 0.556. The van der Waals surface area contributed by atoms with E-state index in [-0.39, 0.29) is 5.91 Å². The lowest BCUT2D eigenvalue weighted by Gasteiger charge is -1.98. The minimum absolute atomic E-state index is 0.208. The van der Waals surface area contributed by atoms with Crippen LogP contribution in [0.3, 0.4) is 0 Å². The van der Waals surface area contributed by atoms with Gasteiger partial charge in [0.1, 0.15) is 0 Å². The smallest absolute Gasteiger partial charge is 0.273 e. The molecule has 3 N–H and O–H groups in total. The minimum Gasteiger partial charge on any atom is -0.396 e. The van der Waals surface area contributed by atoms with E-state index in [1.54, 1.807) is 10.9 Å². The highest BCUT2D eigenvalue weighted by Gasteiger charge is 2.13. The quantitative estimate of drug-likeness (QED) is 0.741. The summed E-state index contributed by atoms with van der Waals surface area (Å²) < 4.78 is 1.69. The van der Waals surface area contributed by atoms with Gasteiger partial charge in [-0.2, -0.15) is 5.10 Å². The van der Waals surface area contributed by atoms with Gasteiger partial charge in [-0.25, -0.2) is 0 Å². The zero-order valence-electron chi connectivity index (χ0n) is 8.58. The maximum absolute atomic E-state index is 11.4. The first kappa shape index (κ1) is 10.6. The molecule has 1 aromatic heterocycles. The molecule has 0 unspecified atom stereocenters. The predicted octanol–water partition coefficient (Wildman–Crippen LogP) is 0.625. The molecular weight excluding hydrogens is 180 g/mol. The Morgan fingerprint density at radius 2 is 2.36 bits per heavy atom. The molecule has 0 saturated heterocycles. The van der Waals surface area contributed by atoms with Gasteiger partial charge in [-0.15, -0.1) is 0 Å². The number of aryl methyl sites for hydroxylation is 1. The second kappa shape index (κ2) is 4.64. The SMILES string of the molecule is CCCn1cc(N)c(C(=O)NCC)n1. The van der Waals surface area contributed by atoms with Crippen molar-refractivity contribution in [1.82, 2.24) is 15.1 Å². The van der Waals surface area contributed by atoms with Gasteiger partial charge in [0.2, 0.25) is 0 Å². The summed E-state index contributed by atoms with van der Waals surface area (Å²) >= 11 is 0. The van der Waals surface area contributed by atoms with E-state index in [1.807, 2.05) is 13.8 Å². The number of rotatable bonds is 4. The van der Waals surface area contributed by atoms with Gasteiger partial charge in [-0.3, -0.25) is 9.48 Å². The number of nitrogen functional groups attached to an aromatic ring is 1. The number of hydrogen-bond donors (Lipinski definition) is 2. The number of carbonyl (C=O) groups is 1. The van der Waals surface area contributed by atoms with E-state index >= 15 is 0 Å². The maximum atomic E-state index is 11.4. The summed E-state index contributed by atoms with van der Waals surface area (Å²) in [7, 11) is 0. The number of aromatic nitrogens is 2. The fourth-order valence-electron chi connectivity index (χ4n) is 1.20. The first-order valence-electron chi connectivity index (χ1n) is 4.80. The van der Waals surface area contributed by atoms with Crippen molar-refractivity contribution in [1.29, 1.82) is 0 Å². The van der Waals surface area contributed by atoms with Crippen molar-refractivity contribution in [3.8, 4) is 0 Å². The number of anilines is 1. The molecule has 0 atom stereocenters. The van der Waals surface area contributed by atoms with Crippen LogP contribution in [0.4, 0.5) is 5.69 Å². The lowest BCUT2D eigenvalue weighted by molar-refractivity contribution is 0.0951. The molecule has 5 heteroatoms. The first-order chi connectivity index (χ1) is 6.69. The number of nitrogens with two attached hydrogens (primary N) is 1. The average molecular weight is 196 g/mol. The van der Waals surface area contributed by atoms with Crippen LogP contribution >= 0.6 is 0 Å². The molecule has 0 radical (unpaired) electrons. The van der Waals surface area contributed by atoms with Crippen LogP contribution in [0.25, 0.3) is 0 Å². The van der Waals surface area contributed by atoms with E-state index in [0.717, 1.165) is 13.0 Å². The monoisotopic (exact) mass is 196 g/mol. The summed E-state index contributed by atoms with van der Waals surface area (Å²) in [6, 6.07) is 0. The molecule has 0 aromatic carbocycles. The van der Waals surface area contributed by atoms with Crippen LogP contribution in [0.5, 0.6) is 0 Å². The highest BCUT2D eigenvalue weighted by Crippen LogP contribution is 2.08. The van der Waals surface area contributed by atoms with Gasteiger partial charge in [0.25, 0.3) is 5.91 Å². The van der Waals surface area contributed by atoms with E-state index in [9.17, 15) is 4.79 Å². The molecule has 0 aliphatic carbocycles. The number of carbonyl (C=O) groups excluding carboxylic acids is 1. The molecule has 5 nitrogen and oxygen atoms in total. The fourth-order valence-corrected chi connectivity index (χ4v) is 1.20. The highest BCUT2D eigenvalue weighted by molar-refractivity contribution is 5.96. The molecule has 14 heavy (non-hydrogen) atoms. The third-order valence-corrected chi connectivity index (χ3v) is 1.80. The van der Waals surface area contributed by atoms with Crippen molar-refractivity contribution >= 4 is 11.6 Å². The molecule has 0 saturated carbocycles. The van der Waals surface area contributed by atoms with Crippen molar-refractivity contribution in [2.75, 3.05) is 12.3 Å². The second-order valence-corrected chi connectivity index (χ2v) is 3.06. The number of nitrogens with zero attached hydrogens (tertiary/aromatic N) is 2. The number of amides is 1. The summed E-state index contributed by atoms with van der Waals surface area (Å²) in [6.45, 7) is 5.27. The minimum atomic E-state index is -0.208. The van der Waals surface area contributed by atoms with Crippen molar-refractivity contribution in [2.45, 2.75) is 26.8 Å². The van der Waals surface area contributed by atoms with E-state index < -0.39 is 0 Å². The van der Waals surface area contributed by atoms with Gasteiger partial charge in [0.05, 0.1) is 5.69 Å². The molecule has 0 spiro atoms. The van der Waals surface area contributed by atoms with Crippen molar-refractivity contribution < 1.29 is 4.79 Å². The van der Waals surface area contributed by atoms with Crippen LogP contribution in [-0.2, 0) is 6.54 Å². The summed E-state index contributed by atoms with van der Waals surface area (Å²) in [6.07, 6.45) is 2.66. The summed E-state index contributed by atoms with van der Waals surface area (Å²) in [4.78, 5) is 11.4. The molecule has 1 amide bonds. The first-order valence-corrected chi connectivity index (χ1v) is 4.80. The topological polar surface area (TPSA) is 72.9 Å². The van der Waals surface area contributed by atoms with Crippen molar-refractivity contribution in [3.05, 3.63) is 11.9 Å². The van der Waals surface area contributed by atoms with E-state index in [1.165, 1.54) is 0 Å². The van der Waals surface area contributed by atoms with Gasteiger partial charge < -0.3 is 11.1 Å². The molecule has 78 valence electrons. The Morgan fingerprint density at radius 1 is 1.64 bits per heavy atom. The van der Waals surface area contributed by atoms with Crippen LogP contribution < -0.4 is 11.1 Å². The zero-order chi connectivity index (χ0) is 10.6. The normalized spacial score (nSPS) is 10.1. The molecule has 0 bridgehead atoms. The largest absolute Gasteiger partial charge is 0.396 e. The van der Waals surface area contributed by atoms with Crippen LogP contribution in [-0.4, -0.2) is 22.2 Å². The molecule has 0 fully saturated rings.